The Bertz CT molecular complexity index is 653. The van der Waals surface area contributed by atoms with Crippen LogP contribution < -0.4 is 10.5 Å². The Hall–Kier alpha value is -2.24. The standard InChI is InChI=1S/C22H33N3O3/c1-2-28-20-9-7-17(8-10-20)5-6-18-11-14-24(15-12-18)21(26)19-4-3-13-25(16-19)22(23)27/h7-10,18-19H,2-6,11-16H2,1H3,(H2,23,27). The maximum Gasteiger partial charge on any atom is 0.314 e. The molecule has 3 amide bonds. The van der Waals surface area contributed by atoms with Crippen molar-refractivity contribution in [3.05, 3.63) is 29.8 Å². The number of nitrogens with two attached hydrogens (primary N) is 1. The minimum atomic E-state index is -0.412. The summed E-state index contributed by atoms with van der Waals surface area (Å²) in [6, 6.07) is 7.97. The fourth-order valence-corrected chi connectivity index (χ4v) is 4.37. The maximum absolute atomic E-state index is 12.8. The van der Waals surface area contributed by atoms with Gasteiger partial charge in [-0.05, 0) is 69.1 Å². The number of piperidine rings is 2. The zero-order valence-corrected chi connectivity index (χ0v) is 16.9. The van der Waals surface area contributed by atoms with Crippen molar-refractivity contribution in [3.63, 3.8) is 0 Å². The Morgan fingerprint density at radius 3 is 2.43 bits per heavy atom. The largest absolute Gasteiger partial charge is 0.494 e. The molecule has 28 heavy (non-hydrogen) atoms. The van der Waals surface area contributed by atoms with Crippen molar-refractivity contribution < 1.29 is 14.3 Å². The van der Waals surface area contributed by atoms with Gasteiger partial charge < -0.3 is 20.3 Å². The van der Waals surface area contributed by atoms with Crippen LogP contribution in [0.15, 0.2) is 24.3 Å². The molecule has 0 bridgehead atoms. The lowest BCUT2D eigenvalue weighted by molar-refractivity contribution is -0.138. The van der Waals surface area contributed by atoms with E-state index < -0.39 is 6.03 Å². The van der Waals surface area contributed by atoms with Crippen LogP contribution in [0, 0.1) is 11.8 Å². The number of carbonyl (C=O) groups is 2. The van der Waals surface area contributed by atoms with Crippen molar-refractivity contribution in [1.29, 1.82) is 0 Å². The second kappa shape index (κ2) is 9.80. The van der Waals surface area contributed by atoms with Gasteiger partial charge in [0.05, 0.1) is 12.5 Å². The summed E-state index contributed by atoms with van der Waals surface area (Å²) in [6.45, 7) is 5.50. The second-order valence-corrected chi connectivity index (χ2v) is 8.01. The fraction of sp³-hybridized carbons (Fsp3) is 0.636. The monoisotopic (exact) mass is 387 g/mol. The number of nitrogens with zero attached hydrogens (tertiary/aromatic N) is 2. The molecule has 3 rings (SSSR count). The molecule has 2 saturated heterocycles. The Morgan fingerprint density at radius 1 is 1.07 bits per heavy atom. The van der Waals surface area contributed by atoms with E-state index in [1.54, 1.807) is 4.90 Å². The van der Waals surface area contributed by atoms with E-state index in [-0.39, 0.29) is 11.8 Å². The van der Waals surface area contributed by atoms with Crippen LogP contribution >= 0.6 is 0 Å². The molecule has 1 atom stereocenters. The van der Waals surface area contributed by atoms with E-state index in [0.29, 0.717) is 25.6 Å². The topological polar surface area (TPSA) is 75.9 Å². The number of urea groups is 1. The normalized spacial score (nSPS) is 20.8. The molecule has 2 N–H and O–H groups in total. The van der Waals surface area contributed by atoms with Crippen molar-refractivity contribution >= 4 is 11.9 Å². The first-order valence-corrected chi connectivity index (χ1v) is 10.6. The maximum atomic E-state index is 12.8. The third-order valence-corrected chi connectivity index (χ3v) is 6.08. The van der Waals surface area contributed by atoms with Crippen molar-refractivity contribution in [2.24, 2.45) is 17.6 Å². The molecule has 0 saturated carbocycles. The van der Waals surface area contributed by atoms with E-state index in [2.05, 4.69) is 12.1 Å². The van der Waals surface area contributed by atoms with Crippen molar-refractivity contribution in [2.45, 2.75) is 45.4 Å². The van der Waals surface area contributed by atoms with E-state index in [9.17, 15) is 9.59 Å². The molecular weight excluding hydrogens is 354 g/mol. The zero-order valence-electron chi connectivity index (χ0n) is 16.9. The number of primary amides is 1. The molecule has 2 aliphatic heterocycles. The number of likely N-dealkylation sites (tertiary alicyclic amines) is 2. The predicted octanol–water partition coefficient (Wildman–Crippen LogP) is 3.05. The van der Waals surface area contributed by atoms with Crippen molar-refractivity contribution in [2.75, 3.05) is 32.8 Å². The summed E-state index contributed by atoms with van der Waals surface area (Å²) in [5, 5.41) is 0. The first-order valence-electron chi connectivity index (χ1n) is 10.6. The van der Waals surface area contributed by atoms with Gasteiger partial charge in [0.2, 0.25) is 5.91 Å². The number of hydrogen-bond donors (Lipinski definition) is 1. The van der Waals surface area contributed by atoms with E-state index in [4.69, 9.17) is 10.5 Å². The minimum Gasteiger partial charge on any atom is -0.494 e. The van der Waals surface area contributed by atoms with Gasteiger partial charge in [-0.25, -0.2) is 4.79 Å². The molecular formula is C22H33N3O3. The molecule has 6 nitrogen and oxygen atoms in total. The molecule has 6 heteroatoms. The van der Waals surface area contributed by atoms with E-state index in [1.165, 1.54) is 5.56 Å². The highest BCUT2D eigenvalue weighted by atomic mass is 16.5. The average molecular weight is 388 g/mol. The summed E-state index contributed by atoms with van der Waals surface area (Å²) < 4.78 is 5.49. The Labute approximate surface area is 168 Å². The van der Waals surface area contributed by atoms with Gasteiger partial charge in [0.15, 0.2) is 0 Å². The molecule has 2 heterocycles. The highest BCUT2D eigenvalue weighted by Crippen LogP contribution is 2.26. The summed E-state index contributed by atoms with van der Waals surface area (Å²) in [5.74, 6) is 1.72. The summed E-state index contributed by atoms with van der Waals surface area (Å²) in [5.41, 5.74) is 6.73. The Kier molecular flexibility index (Phi) is 7.18. The van der Waals surface area contributed by atoms with Gasteiger partial charge in [-0.15, -0.1) is 0 Å². The first kappa shape index (κ1) is 20.5. The predicted molar refractivity (Wildman–Crippen MR) is 109 cm³/mol. The van der Waals surface area contributed by atoms with Crippen molar-refractivity contribution in [1.82, 2.24) is 9.80 Å². The fourth-order valence-electron chi connectivity index (χ4n) is 4.37. The van der Waals surface area contributed by atoms with Gasteiger partial charge in [0.25, 0.3) is 0 Å². The van der Waals surface area contributed by atoms with Crippen LogP contribution in [0.2, 0.25) is 0 Å². The molecule has 154 valence electrons. The molecule has 0 radical (unpaired) electrons. The van der Waals surface area contributed by atoms with E-state index >= 15 is 0 Å². The second-order valence-electron chi connectivity index (χ2n) is 8.01. The van der Waals surface area contributed by atoms with Gasteiger partial charge in [0.1, 0.15) is 5.75 Å². The average Bonchev–Trinajstić information content (AvgIpc) is 2.73. The van der Waals surface area contributed by atoms with Gasteiger partial charge in [0, 0.05) is 26.2 Å². The van der Waals surface area contributed by atoms with E-state index in [1.807, 2.05) is 24.0 Å². The number of benzene rings is 1. The third kappa shape index (κ3) is 5.40. The van der Waals surface area contributed by atoms with Crippen LogP contribution in [-0.2, 0) is 11.2 Å². The van der Waals surface area contributed by atoms with Crippen LogP contribution in [0.4, 0.5) is 4.79 Å². The zero-order chi connectivity index (χ0) is 19.9. The molecule has 1 unspecified atom stereocenters. The third-order valence-electron chi connectivity index (χ3n) is 6.08. The van der Waals surface area contributed by atoms with Crippen LogP contribution in [0.25, 0.3) is 0 Å². The smallest absolute Gasteiger partial charge is 0.314 e. The van der Waals surface area contributed by atoms with Crippen LogP contribution in [0.1, 0.15) is 44.6 Å². The van der Waals surface area contributed by atoms with Crippen LogP contribution in [0.3, 0.4) is 0 Å². The van der Waals surface area contributed by atoms with Gasteiger partial charge in [-0.1, -0.05) is 12.1 Å². The lowest BCUT2D eigenvalue weighted by Crippen LogP contribution is -2.49. The highest BCUT2D eigenvalue weighted by molar-refractivity contribution is 5.80. The Balaban J connectivity index is 1.41. The first-order chi connectivity index (χ1) is 13.6. The molecule has 0 aliphatic carbocycles. The van der Waals surface area contributed by atoms with Gasteiger partial charge in [-0.3, -0.25) is 4.79 Å². The molecule has 1 aromatic carbocycles. The number of aryl methyl sites for hydroxylation is 1. The SMILES string of the molecule is CCOc1ccc(CCC2CCN(C(=O)C3CCCN(C(N)=O)C3)CC2)cc1. The van der Waals surface area contributed by atoms with Crippen LogP contribution in [-0.4, -0.2) is 54.5 Å². The highest BCUT2D eigenvalue weighted by Gasteiger charge is 2.32. The van der Waals surface area contributed by atoms with Gasteiger partial charge in [-0.2, -0.15) is 0 Å². The summed E-state index contributed by atoms with van der Waals surface area (Å²) in [7, 11) is 0. The molecule has 0 aromatic heterocycles. The van der Waals surface area contributed by atoms with Gasteiger partial charge >= 0.3 is 6.03 Å². The minimum absolute atomic E-state index is 0.0818. The summed E-state index contributed by atoms with van der Waals surface area (Å²) >= 11 is 0. The van der Waals surface area contributed by atoms with Crippen molar-refractivity contribution in [3.8, 4) is 5.75 Å². The molecule has 2 aliphatic rings. The Morgan fingerprint density at radius 2 is 1.79 bits per heavy atom. The lowest BCUT2D eigenvalue weighted by atomic mass is 9.89. The number of hydrogen-bond acceptors (Lipinski definition) is 3. The summed E-state index contributed by atoms with van der Waals surface area (Å²) in [6.07, 6.45) is 6.08. The number of carbonyl (C=O) groups excluding carboxylic acids is 2. The lowest BCUT2D eigenvalue weighted by Gasteiger charge is -2.37. The van der Waals surface area contributed by atoms with Crippen LogP contribution in [0.5, 0.6) is 5.75 Å². The number of amides is 3. The summed E-state index contributed by atoms with van der Waals surface area (Å²) in [4.78, 5) is 27.8. The molecule has 0 spiro atoms. The van der Waals surface area contributed by atoms with E-state index in [0.717, 1.165) is 57.4 Å². The number of rotatable bonds is 6. The number of ether oxygens (including phenoxy) is 1. The molecule has 1 aromatic rings. The molecule has 2 fully saturated rings. The quantitative estimate of drug-likeness (QED) is 0.815.